The van der Waals surface area contributed by atoms with Crippen LogP contribution in [0.1, 0.15) is 70.3 Å². The molecule has 0 saturated carbocycles. The van der Waals surface area contributed by atoms with E-state index in [-0.39, 0.29) is 11.9 Å². The molecule has 0 N–H and O–H groups in total. The molecule has 0 saturated heterocycles. The van der Waals surface area contributed by atoms with Crippen molar-refractivity contribution in [2.24, 2.45) is 0 Å². The van der Waals surface area contributed by atoms with Crippen LogP contribution in [0.3, 0.4) is 0 Å². The van der Waals surface area contributed by atoms with Crippen LogP contribution in [0.4, 0.5) is 0 Å². The minimum Gasteiger partial charge on any atom is -0.466 e. The minimum atomic E-state index is -0.0951. The lowest BCUT2D eigenvalue weighted by molar-refractivity contribution is -0.145. The van der Waals surface area contributed by atoms with Gasteiger partial charge >= 0.3 is 5.97 Å². The molecule has 0 fully saturated rings. The van der Waals surface area contributed by atoms with Crippen molar-refractivity contribution in [1.29, 1.82) is 0 Å². The maximum atomic E-state index is 12.1. The van der Waals surface area contributed by atoms with Crippen LogP contribution in [-0.2, 0) is 9.53 Å². The van der Waals surface area contributed by atoms with Crippen LogP contribution < -0.4 is 0 Å². The van der Waals surface area contributed by atoms with E-state index in [0.717, 1.165) is 18.4 Å². The second kappa shape index (κ2) is 10.5. The number of ether oxygens (including phenoxy) is 1. The Morgan fingerprint density at radius 1 is 1.00 bits per heavy atom. The van der Waals surface area contributed by atoms with Gasteiger partial charge in [-0.05, 0) is 18.9 Å². The first-order valence-electron chi connectivity index (χ1n) is 8.01. The number of hydrogen-bond acceptors (Lipinski definition) is 2. The second-order valence-electron chi connectivity index (χ2n) is 5.27. The maximum absolute atomic E-state index is 12.1. The van der Waals surface area contributed by atoms with Crippen molar-refractivity contribution < 1.29 is 9.53 Å². The third kappa shape index (κ3) is 6.23. The number of carbonyl (C=O) groups excluding carboxylic acids is 1. The molecule has 0 spiro atoms. The highest BCUT2D eigenvalue weighted by molar-refractivity contribution is 5.78. The number of hydrogen-bond donors (Lipinski definition) is 0. The summed E-state index contributed by atoms with van der Waals surface area (Å²) in [6.07, 6.45) is 8.39. The highest BCUT2D eigenvalue weighted by Gasteiger charge is 2.20. The summed E-state index contributed by atoms with van der Waals surface area (Å²) in [5.41, 5.74) is 1.08. The molecule has 0 aliphatic carbocycles. The predicted octanol–water partition coefficient (Wildman–Crippen LogP) is 5.08. The summed E-state index contributed by atoms with van der Waals surface area (Å²) in [6.45, 7) is 4.55. The van der Waals surface area contributed by atoms with Gasteiger partial charge in [0.1, 0.15) is 0 Å². The van der Waals surface area contributed by atoms with Crippen LogP contribution in [0.15, 0.2) is 30.3 Å². The summed E-state index contributed by atoms with van der Waals surface area (Å²) >= 11 is 0. The minimum absolute atomic E-state index is 0.0766. The van der Waals surface area contributed by atoms with Gasteiger partial charge in [0.2, 0.25) is 0 Å². The van der Waals surface area contributed by atoms with Crippen molar-refractivity contribution in [3.8, 4) is 0 Å². The Morgan fingerprint density at radius 2 is 1.65 bits per heavy atom. The third-order valence-corrected chi connectivity index (χ3v) is 3.62. The first-order valence-corrected chi connectivity index (χ1v) is 8.01. The second-order valence-corrected chi connectivity index (χ2v) is 5.27. The van der Waals surface area contributed by atoms with Crippen LogP contribution >= 0.6 is 0 Å². The van der Waals surface area contributed by atoms with Crippen molar-refractivity contribution in [3.63, 3.8) is 0 Å². The Bertz CT molecular complexity index is 359. The molecule has 1 unspecified atom stereocenters. The molecule has 0 aromatic heterocycles. The third-order valence-electron chi connectivity index (χ3n) is 3.62. The smallest absolute Gasteiger partial charge is 0.313 e. The van der Waals surface area contributed by atoms with Gasteiger partial charge in [-0.1, -0.05) is 75.8 Å². The molecule has 0 amide bonds. The summed E-state index contributed by atoms with van der Waals surface area (Å²) in [5.74, 6) is -0.172. The Labute approximate surface area is 123 Å². The quantitative estimate of drug-likeness (QED) is 0.440. The van der Waals surface area contributed by atoms with Crippen LogP contribution in [-0.4, -0.2) is 12.6 Å². The zero-order chi connectivity index (χ0) is 14.6. The standard InChI is InChI=1S/C18H28O2/c1-3-5-6-7-8-12-15-17(18(19)20-4-2)16-13-10-9-11-14-16/h9-11,13-14,17H,3-8,12,15H2,1-2H3. The first-order chi connectivity index (χ1) is 9.79. The topological polar surface area (TPSA) is 26.3 Å². The number of esters is 1. The number of carbonyl (C=O) groups is 1. The Balaban J connectivity index is 2.45. The van der Waals surface area contributed by atoms with Gasteiger partial charge in [-0.3, -0.25) is 4.79 Å². The molecule has 0 bridgehead atoms. The Kier molecular flexibility index (Phi) is 8.77. The van der Waals surface area contributed by atoms with E-state index in [4.69, 9.17) is 4.74 Å². The van der Waals surface area contributed by atoms with Gasteiger partial charge in [0, 0.05) is 0 Å². The van der Waals surface area contributed by atoms with Crippen molar-refractivity contribution in [1.82, 2.24) is 0 Å². The number of benzene rings is 1. The van der Waals surface area contributed by atoms with E-state index >= 15 is 0 Å². The lowest BCUT2D eigenvalue weighted by Gasteiger charge is -2.15. The normalized spacial score (nSPS) is 12.1. The fraction of sp³-hybridized carbons (Fsp3) is 0.611. The fourth-order valence-corrected chi connectivity index (χ4v) is 2.48. The molecule has 0 aliphatic heterocycles. The van der Waals surface area contributed by atoms with Crippen molar-refractivity contribution in [2.45, 2.75) is 64.7 Å². The van der Waals surface area contributed by atoms with Gasteiger partial charge < -0.3 is 4.74 Å². The summed E-state index contributed by atoms with van der Waals surface area (Å²) < 4.78 is 5.22. The lowest BCUT2D eigenvalue weighted by Crippen LogP contribution is -2.16. The SMILES string of the molecule is CCCCCCCCC(C(=O)OCC)c1ccccc1. The number of rotatable bonds is 10. The number of unbranched alkanes of at least 4 members (excludes halogenated alkanes) is 5. The summed E-state index contributed by atoms with van der Waals surface area (Å²) in [5, 5.41) is 0. The predicted molar refractivity (Wildman–Crippen MR) is 83.8 cm³/mol. The molecule has 2 heteroatoms. The summed E-state index contributed by atoms with van der Waals surface area (Å²) in [6, 6.07) is 10.0. The molecule has 112 valence electrons. The van der Waals surface area contributed by atoms with Crippen LogP contribution in [0.2, 0.25) is 0 Å². The van der Waals surface area contributed by atoms with Crippen LogP contribution in [0.5, 0.6) is 0 Å². The Morgan fingerprint density at radius 3 is 2.30 bits per heavy atom. The molecular weight excluding hydrogens is 248 g/mol. The average molecular weight is 276 g/mol. The van der Waals surface area contributed by atoms with E-state index in [1.165, 1.54) is 32.1 Å². The van der Waals surface area contributed by atoms with Crippen LogP contribution in [0.25, 0.3) is 0 Å². The van der Waals surface area contributed by atoms with Gasteiger partial charge in [-0.15, -0.1) is 0 Å². The first kappa shape index (κ1) is 16.7. The average Bonchev–Trinajstić information content (AvgIpc) is 2.47. The highest BCUT2D eigenvalue weighted by Crippen LogP contribution is 2.24. The molecular formula is C18H28O2. The summed E-state index contributed by atoms with van der Waals surface area (Å²) in [7, 11) is 0. The molecule has 2 nitrogen and oxygen atoms in total. The largest absolute Gasteiger partial charge is 0.466 e. The van der Waals surface area contributed by atoms with E-state index < -0.39 is 0 Å². The van der Waals surface area contributed by atoms with Crippen molar-refractivity contribution >= 4 is 5.97 Å². The van der Waals surface area contributed by atoms with Gasteiger partial charge in [0.15, 0.2) is 0 Å². The van der Waals surface area contributed by atoms with Gasteiger partial charge in [0.05, 0.1) is 12.5 Å². The van der Waals surface area contributed by atoms with Crippen LogP contribution in [0, 0.1) is 0 Å². The molecule has 1 aromatic rings. The van der Waals surface area contributed by atoms with Crippen molar-refractivity contribution in [3.05, 3.63) is 35.9 Å². The molecule has 0 heterocycles. The van der Waals surface area contributed by atoms with E-state index in [0.29, 0.717) is 6.61 Å². The summed E-state index contributed by atoms with van der Waals surface area (Å²) in [4.78, 5) is 12.1. The zero-order valence-electron chi connectivity index (χ0n) is 12.9. The fourth-order valence-electron chi connectivity index (χ4n) is 2.48. The van der Waals surface area contributed by atoms with E-state index in [9.17, 15) is 4.79 Å². The van der Waals surface area contributed by atoms with E-state index in [1.807, 2.05) is 37.3 Å². The van der Waals surface area contributed by atoms with Crippen molar-refractivity contribution in [2.75, 3.05) is 6.61 Å². The molecule has 1 atom stereocenters. The Hall–Kier alpha value is -1.31. The lowest BCUT2D eigenvalue weighted by atomic mass is 9.93. The zero-order valence-corrected chi connectivity index (χ0v) is 12.9. The monoisotopic (exact) mass is 276 g/mol. The molecule has 1 aromatic carbocycles. The molecule has 0 radical (unpaired) electrons. The molecule has 0 aliphatic rings. The molecule has 20 heavy (non-hydrogen) atoms. The van der Waals surface area contributed by atoms with E-state index in [1.54, 1.807) is 0 Å². The maximum Gasteiger partial charge on any atom is 0.313 e. The van der Waals surface area contributed by atoms with Gasteiger partial charge in [-0.2, -0.15) is 0 Å². The molecule has 1 rings (SSSR count). The van der Waals surface area contributed by atoms with E-state index in [2.05, 4.69) is 6.92 Å². The highest BCUT2D eigenvalue weighted by atomic mass is 16.5. The van der Waals surface area contributed by atoms with Gasteiger partial charge in [-0.25, -0.2) is 0 Å². The van der Waals surface area contributed by atoms with Gasteiger partial charge in [0.25, 0.3) is 0 Å².